The summed E-state index contributed by atoms with van der Waals surface area (Å²) in [6, 6.07) is 18.1. The molecule has 0 amide bonds. The number of ether oxygens (including phenoxy) is 1. The third-order valence-electron chi connectivity index (χ3n) is 3.72. The molecular weight excluding hydrogens is 260 g/mol. The molecule has 0 fully saturated rings. The zero-order chi connectivity index (χ0) is 14.7. The summed E-state index contributed by atoms with van der Waals surface area (Å²) < 4.78 is 5.39. The van der Waals surface area contributed by atoms with Gasteiger partial charge in [-0.05, 0) is 34.0 Å². The first-order valence-corrected chi connectivity index (χ1v) is 7.39. The molecule has 0 radical (unpaired) electrons. The van der Waals surface area contributed by atoms with Gasteiger partial charge >= 0.3 is 5.97 Å². The largest absolute Gasteiger partial charge is 0.462 e. The normalized spacial score (nSPS) is 10.9. The fourth-order valence-electron chi connectivity index (χ4n) is 2.61. The summed E-state index contributed by atoms with van der Waals surface area (Å²) >= 11 is 0. The maximum absolute atomic E-state index is 12.4. The van der Waals surface area contributed by atoms with Crippen LogP contribution in [0, 0.1) is 0 Å². The first-order valence-electron chi connectivity index (χ1n) is 7.39. The van der Waals surface area contributed by atoms with Gasteiger partial charge in [0.15, 0.2) is 0 Å². The molecule has 2 heteroatoms. The summed E-state index contributed by atoms with van der Waals surface area (Å²) in [5.41, 5.74) is 0.653. The maximum atomic E-state index is 12.4. The second-order valence-corrected chi connectivity index (χ2v) is 5.18. The molecule has 0 heterocycles. The first-order chi connectivity index (χ1) is 10.3. The number of carbonyl (C=O) groups is 1. The van der Waals surface area contributed by atoms with Crippen LogP contribution in [0.4, 0.5) is 0 Å². The molecule has 3 aromatic carbocycles. The van der Waals surface area contributed by atoms with E-state index in [-0.39, 0.29) is 5.97 Å². The van der Waals surface area contributed by atoms with Crippen LogP contribution < -0.4 is 0 Å². The molecule has 0 bridgehead atoms. The molecule has 0 saturated carbocycles. The van der Waals surface area contributed by atoms with Gasteiger partial charge in [0.05, 0.1) is 12.2 Å². The number of rotatable bonds is 4. The van der Waals surface area contributed by atoms with Crippen molar-refractivity contribution in [3.05, 3.63) is 60.2 Å². The van der Waals surface area contributed by atoms with Crippen LogP contribution in [0.25, 0.3) is 21.5 Å². The zero-order valence-corrected chi connectivity index (χ0v) is 12.1. The monoisotopic (exact) mass is 278 g/mol. The van der Waals surface area contributed by atoms with E-state index in [4.69, 9.17) is 4.74 Å². The highest BCUT2D eigenvalue weighted by Gasteiger charge is 2.13. The van der Waals surface area contributed by atoms with E-state index in [9.17, 15) is 4.79 Å². The van der Waals surface area contributed by atoms with E-state index >= 15 is 0 Å². The molecule has 0 aliphatic carbocycles. The lowest BCUT2D eigenvalue weighted by molar-refractivity contribution is 0.0502. The molecule has 0 unspecified atom stereocenters. The third kappa shape index (κ3) is 2.62. The Morgan fingerprint density at radius 3 is 2.38 bits per heavy atom. The average molecular weight is 278 g/mol. The van der Waals surface area contributed by atoms with Crippen molar-refractivity contribution in [3.63, 3.8) is 0 Å². The highest BCUT2D eigenvalue weighted by atomic mass is 16.5. The Bertz CT molecular complexity index is 790. The Kier molecular flexibility index (Phi) is 3.87. The lowest BCUT2D eigenvalue weighted by atomic mass is 9.97. The van der Waals surface area contributed by atoms with Crippen molar-refractivity contribution in [2.75, 3.05) is 6.61 Å². The van der Waals surface area contributed by atoms with Crippen LogP contribution in [0.1, 0.15) is 30.1 Å². The van der Waals surface area contributed by atoms with Crippen LogP contribution in [0.15, 0.2) is 54.6 Å². The fraction of sp³-hybridized carbons (Fsp3) is 0.211. The summed E-state index contributed by atoms with van der Waals surface area (Å²) in [4.78, 5) is 12.4. The van der Waals surface area contributed by atoms with Crippen molar-refractivity contribution in [2.45, 2.75) is 19.8 Å². The van der Waals surface area contributed by atoms with Gasteiger partial charge in [0.25, 0.3) is 0 Å². The summed E-state index contributed by atoms with van der Waals surface area (Å²) in [5, 5.41) is 4.28. The maximum Gasteiger partial charge on any atom is 0.338 e. The number of hydrogen-bond acceptors (Lipinski definition) is 2. The minimum atomic E-state index is -0.231. The number of carbonyl (C=O) groups excluding carboxylic acids is 1. The first kappa shape index (κ1) is 13.6. The minimum Gasteiger partial charge on any atom is -0.462 e. The molecule has 0 aliphatic rings. The van der Waals surface area contributed by atoms with Crippen molar-refractivity contribution < 1.29 is 9.53 Å². The van der Waals surface area contributed by atoms with E-state index in [0.29, 0.717) is 12.2 Å². The standard InChI is InChI=1S/C19H18O2/c1-2-3-12-21-19(20)18-13-14-8-4-5-9-15(14)16-10-6-7-11-17(16)18/h4-11,13H,2-3,12H2,1H3. The molecule has 0 aliphatic heterocycles. The van der Waals surface area contributed by atoms with E-state index in [1.54, 1.807) is 0 Å². The summed E-state index contributed by atoms with van der Waals surface area (Å²) in [6.45, 7) is 2.57. The van der Waals surface area contributed by atoms with E-state index in [1.165, 1.54) is 5.39 Å². The van der Waals surface area contributed by atoms with Gasteiger partial charge < -0.3 is 4.74 Å². The van der Waals surface area contributed by atoms with Gasteiger partial charge in [-0.1, -0.05) is 61.9 Å². The number of hydrogen-bond donors (Lipinski definition) is 0. The molecule has 0 aromatic heterocycles. The molecule has 0 saturated heterocycles. The Labute approximate surface area is 124 Å². The Morgan fingerprint density at radius 2 is 1.62 bits per heavy atom. The smallest absolute Gasteiger partial charge is 0.338 e. The van der Waals surface area contributed by atoms with Crippen molar-refractivity contribution in [2.24, 2.45) is 0 Å². The molecule has 0 atom stereocenters. The Balaban J connectivity index is 2.14. The molecule has 3 aromatic rings. The van der Waals surface area contributed by atoms with Crippen molar-refractivity contribution >= 4 is 27.5 Å². The van der Waals surface area contributed by atoms with Gasteiger partial charge in [-0.25, -0.2) is 4.79 Å². The second kappa shape index (κ2) is 5.96. The number of fused-ring (bicyclic) bond motifs is 3. The van der Waals surface area contributed by atoms with Gasteiger partial charge in [0, 0.05) is 0 Å². The second-order valence-electron chi connectivity index (χ2n) is 5.18. The molecule has 2 nitrogen and oxygen atoms in total. The zero-order valence-electron chi connectivity index (χ0n) is 12.1. The van der Waals surface area contributed by atoms with Crippen LogP contribution >= 0.6 is 0 Å². The summed E-state index contributed by atoms with van der Waals surface area (Å²) in [7, 11) is 0. The van der Waals surface area contributed by atoms with E-state index in [0.717, 1.165) is 29.0 Å². The predicted octanol–water partition coefficient (Wildman–Crippen LogP) is 4.95. The van der Waals surface area contributed by atoms with Crippen LogP contribution in [-0.2, 0) is 4.74 Å². The fourth-order valence-corrected chi connectivity index (χ4v) is 2.61. The SMILES string of the molecule is CCCCOC(=O)c1cc2ccccc2c2ccccc12. The van der Waals surface area contributed by atoms with E-state index in [1.807, 2.05) is 42.5 Å². The van der Waals surface area contributed by atoms with Crippen molar-refractivity contribution in [1.82, 2.24) is 0 Å². The van der Waals surface area contributed by atoms with Crippen molar-refractivity contribution in [3.8, 4) is 0 Å². The third-order valence-corrected chi connectivity index (χ3v) is 3.72. The molecule has 0 N–H and O–H groups in total. The van der Waals surface area contributed by atoms with Gasteiger partial charge in [-0.3, -0.25) is 0 Å². The number of benzene rings is 3. The van der Waals surface area contributed by atoms with Gasteiger partial charge in [0.1, 0.15) is 0 Å². The van der Waals surface area contributed by atoms with Gasteiger partial charge in [-0.15, -0.1) is 0 Å². The van der Waals surface area contributed by atoms with Crippen LogP contribution in [0.5, 0.6) is 0 Å². The van der Waals surface area contributed by atoms with Gasteiger partial charge in [-0.2, -0.15) is 0 Å². The molecule has 3 rings (SSSR count). The van der Waals surface area contributed by atoms with E-state index in [2.05, 4.69) is 19.1 Å². The van der Waals surface area contributed by atoms with Gasteiger partial charge in [0.2, 0.25) is 0 Å². The average Bonchev–Trinajstić information content (AvgIpc) is 2.54. The van der Waals surface area contributed by atoms with Crippen molar-refractivity contribution in [1.29, 1.82) is 0 Å². The lowest BCUT2D eigenvalue weighted by Crippen LogP contribution is -2.07. The van der Waals surface area contributed by atoms with Crippen LogP contribution in [0.2, 0.25) is 0 Å². The lowest BCUT2D eigenvalue weighted by Gasteiger charge is -2.10. The quantitative estimate of drug-likeness (QED) is 0.383. The summed E-state index contributed by atoms with van der Waals surface area (Å²) in [5.74, 6) is -0.231. The topological polar surface area (TPSA) is 26.3 Å². The predicted molar refractivity (Wildman–Crippen MR) is 86.6 cm³/mol. The van der Waals surface area contributed by atoms with E-state index < -0.39 is 0 Å². The van der Waals surface area contributed by atoms with Crippen LogP contribution in [0.3, 0.4) is 0 Å². The molecular formula is C19H18O2. The number of esters is 1. The highest BCUT2D eigenvalue weighted by Crippen LogP contribution is 2.29. The molecule has 0 spiro atoms. The Morgan fingerprint density at radius 1 is 0.952 bits per heavy atom. The molecule has 106 valence electrons. The van der Waals surface area contributed by atoms with Crippen LogP contribution in [-0.4, -0.2) is 12.6 Å². The molecule has 21 heavy (non-hydrogen) atoms. The summed E-state index contributed by atoms with van der Waals surface area (Å²) in [6.07, 6.45) is 1.92. The Hall–Kier alpha value is -2.35. The number of unbranched alkanes of at least 4 members (excludes halogenated alkanes) is 1. The minimum absolute atomic E-state index is 0.231. The highest BCUT2D eigenvalue weighted by molar-refractivity contribution is 6.15.